The molecule has 156 valence electrons. The minimum Gasteiger partial charge on any atom is -0.504 e. The maximum absolute atomic E-state index is 12.7. The Morgan fingerprint density at radius 2 is 2.00 bits per heavy atom. The highest BCUT2D eigenvalue weighted by molar-refractivity contribution is 14.1. The molecule has 1 saturated heterocycles. The van der Waals surface area contributed by atoms with Crippen LogP contribution in [0.1, 0.15) is 16.7 Å². The molecule has 1 aliphatic heterocycles. The molecule has 7 nitrogen and oxygen atoms in total. The van der Waals surface area contributed by atoms with E-state index in [0.29, 0.717) is 14.8 Å². The lowest BCUT2D eigenvalue weighted by atomic mass is 10.1. The van der Waals surface area contributed by atoms with E-state index in [4.69, 9.17) is 4.74 Å². The zero-order valence-electron chi connectivity index (χ0n) is 16.5. The third kappa shape index (κ3) is 4.78. The molecule has 0 atom stereocenters. The van der Waals surface area contributed by atoms with E-state index < -0.39 is 17.1 Å². The minimum absolute atomic E-state index is 0.00599. The largest absolute Gasteiger partial charge is 0.504 e. The number of imide groups is 1. The number of aromatic hydroxyl groups is 1. The monoisotopic (exact) mass is 538 g/mol. The van der Waals surface area contributed by atoms with E-state index >= 15 is 0 Å². The zero-order chi connectivity index (χ0) is 22.0. The molecule has 30 heavy (non-hydrogen) atoms. The van der Waals surface area contributed by atoms with Gasteiger partial charge in [-0.1, -0.05) is 12.1 Å². The van der Waals surface area contributed by atoms with Gasteiger partial charge in [0.2, 0.25) is 5.91 Å². The van der Waals surface area contributed by atoms with Crippen molar-refractivity contribution in [2.75, 3.05) is 19.0 Å². The molecule has 0 spiro atoms. The Morgan fingerprint density at radius 3 is 2.70 bits per heavy atom. The van der Waals surface area contributed by atoms with Crippen LogP contribution in [0.2, 0.25) is 0 Å². The molecular formula is C21H19IN2O5S. The molecule has 3 rings (SSSR count). The molecule has 0 aliphatic carbocycles. The summed E-state index contributed by atoms with van der Waals surface area (Å²) in [5, 5.41) is 12.2. The zero-order valence-corrected chi connectivity index (χ0v) is 19.5. The van der Waals surface area contributed by atoms with Crippen LogP contribution in [0.25, 0.3) is 6.08 Å². The average Bonchev–Trinajstić information content (AvgIpc) is 2.94. The van der Waals surface area contributed by atoms with E-state index in [9.17, 15) is 19.5 Å². The van der Waals surface area contributed by atoms with Gasteiger partial charge in [0.25, 0.3) is 11.1 Å². The number of carbonyl (C=O) groups is 3. The topological polar surface area (TPSA) is 95.9 Å². The van der Waals surface area contributed by atoms with Crippen molar-refractivity contribution in [3.05, 3.63) is 55.5 Å². The molecule has 2 aromatic carbocycles. The van der Waals surface area contributed by atoms with Gasteiger partial charge in [-0.3, -0.25) is 19.3 Å². The summed E-state index contributed by atoms with van der Waals surface area (Å²) in [7, 11) is 1.43. The van der Waals surface area contributed by atoms with Crippen molar-refractivity contribution < 1.29 is 24.2 Å². The van der Waals surface area contributed by atoms with Gasteiger partial charge in [-0.2, -0.15) is 0 Å². The number of aryl methyl sites for hydroxylation is 2. The third-order valence-corrected chi connectivity index (χ3v) is 6.14. The van der Waals surface area contributed by atoms with Gasteiger partial charge in [0.05, 0.1) is 15.6 Å². The molecule has 0 bridgehead atoms. The minimum atomic E-state index is -0.539. The van der Waals surface area contributed by atoms with Gasteiger partial charge in [0.15, 0.2) is 11.5 Å². The molecule has 2 N–H and O–H groups in total. The van der Waals surface area contributed by atoms with Crippen molar-refractivity contribution >= 4 is 63.2 Å². The number of anilines is 1. The molecule has 0 radical (unpaired) electrons. The van der Waals surface area contributed by atoms with Crippen molar-refractivity contribution in [1.29, 1.82) is 0 Å². The van der Waals surface area contributed by atoms with Crippen LogP contribution in [0.4, 0.5) is 10.5 Å². The van der Waals surface area contributed by atoms with E-state index in [0.717, 1.165) is 27.8 Å². The van der Waals surface area contributed by atoms with Crippen LogP contribution in [-0.2, 0) is 9.59 Å². The summed E-state index contributed by atoms with van der Waals surface area (Å²) in [6.07, 6.45) is 1.54. The molecule has 0 aromatic heterocycles. The quantitative estimate of drug-likeness (QED) is 0.436. The number of methoxy groups -OCH3 is 1. The second-order valence-electron chi connectivity index (χ2n) is 6.69. The van der Waals surface area contributed by atoms with Crippen LogP contribution >= 0.6 is 34.4 Å². The standard InChI is InChI=1S/C21H19IN2O5S/c1-11-4-5-12(2)15(6-11)23-18(25)10-24-20(27)17(30-21(24)28)9-13-7-14(22)19(26)16(8-13)29-3/h4-9,26H,10H2,1-3H3,(H,23,25)/b17-9+. The van der Waals surface area contributed by atoms with Crippen LogP contribution in [0.5, 0.6) is 11.5 Å². The first-order valence-corrected chi connectivity index (χ1v) is 10.8. The van der Waals surface area contributed by atoms with Crippen LogP contribution < -0.4 is 10.1 Å². The predicted molar refractivity (Wildman–Crippen MR) is 125 cm³/mol. The second kappa shape index (κ2) is 9.09. The number of carbonyl (C=O) groups excluding carboxylic acids is 3. The molecule has 3 amide bonds. The Kier molecular flexibility index (Phi) is 6.71. The molecule has 0 unspecified atom stereocenters. The van der Waals surface area contributed by atoms with E-state index in [-0.39, 0.29) is 22.9 Å². The molecular weight excluding hydrogens is 519 g/mol. The van der Waals surface area contributed by atoms with Crippen molar-refractivity contribution in [3.8, 4) is 11.5 Å². The van der Waals surface area contributed by atoms with E-state index in [1.165, 1.54) is 13.2 Å². The van der Waals surface area contributed by atoms with Gasteiger partial charge in [0.1, 0.15) is 6.54 Å². The van der Waals surface area contributed by atoms with Gasteiger partial charge in [-0.25, -0.2) is 0 Å². The highest BCUT2D eigenvalue weighted by atomic mass is 127. The fraction of sp³-hybridized carbons (Fsp3) is 0.190. The Balaban J connectivity index is 1.76. The summed E-state index contributed by atoms with van der Waals surface area (Å²) in [4.78, 5) is 38.5. The van der Waals surface area contributed by atoms with E-state index in [1.807, 2.05) is 54.6 Å². The number of hydrogen-bond donors (Lipinski definition) is 2. The van der Waals surface area contributed by atoms with Crippen molar-refractivity contribution in [2.24, 2.45) is 0 Å². The summed E-state index contributed by atoms with van der Waals surface area (Å²) < 4.78 is 5.67. The van der Waals surface area contributed by atoms with Crippen LogP contribution in [0.3, 0.4) is 0 Å². The smallest absolute Gasteiger partial charge is 0.294 e. The Morgan fingerprint density at radius 1 is 1.27 bits per heavy atom. The van der Waals surface area contributed by atoms with Crippen LogP contribution in [0, 0.1) is 17.4 Å². The molecule has 1 heterocycles. The number of ether oxygens (including phenoxy) is 1. The third-order valence-electron chi connectivity index (χ3n) is 4.41. The lowest BCUT2D eigenvalue weighted by Gasteiger charge is -2.14. The molecule has 1 aliphatic rings. The number of benzene rings is 2. The first kappa shape index (κ1) is 22.2. The number of nitrogens with zero attached hydrogens (tertiary/aromatic N) is 1. The lowest BCUT2D eigenvalue weighted by molar-refractivity contribution is -0.127. The summed E-state index contributed by atoms with van der Waals surface area (Å²) in [5.41, 5.74) is 3.12. The van der Waals surface area contributed by atoms with Gasteiger partial charge >= 0.3 is 0 Å². The summed E-state index contributed by atoms with van der Waals surface area (Å²) in [5.74, 6) is -0.719. The number of nitrogens with one attached hydrogen (secondary N) is 1. The fourth-order valence-corrected chi connectivity index (χ4v) is 4.29. The maximum atomic E-state index is 12.7. The van der Waals surface area contributed by atoms with Gasteiger partial charge < -0.3 is 15.2 Å². The van der Waals surface area contributed by atoms with Gasteiger partial charge in [-0.05, 0) is 89.2 Å². The molecule has 1 fully saturated rings. The number of thioether (sulfide) groups is 1. The highest BCUT2D eigenvalue weighted by Crippen LogP contribution is 2.36. The summed E-state index contributed by atoms with van der Waals surface area (Å²) in [6.45, 7) is 3.41. The normalized spacial score (nSPS) is 15.1. The number of amides is 3. The summed E-state index contributed by atoms with van der Waals surface area (Å²) >= 11 is 2.72. The van der Waals surface area contributed by atoms with Crippen molar-refractivity contribution in [1.82, 2.24) is 4.90 Å². The van der Waals surface area contributed by atoms with Crippen molar-refractivity contribution in [3.63, 3.8) is 0 Å². The van der Waals surface area contributed by atoms with E-state index in [1.54, 1.807) is 12.1 Å². The first-order chi connectivity index (χ1) is 14.2. The Hall–Kier alpha value is -2.53. The Bertz CT molecular complexity index is 1080. The number of halogens is 1. The fourth-order valence-electron chi connectivity index (χ4n) is 2.82. The van der Waals surface area contributed by atoms with Gasteiger partial charge in [0, 0.05) is 5.69 Å². The number of rotatable bonds is 5. The van der Waals surface area contributed by atoms with Crippen LogP contribution in [0.15, 0.2) is 35.2 Å². The Labute approximate surface area is 191 Å². The van der Waals surface area contributed by atoms with E-state index in [2.05, 4.69) is 5.32 Å². The number of phenolic OH excluding ortho intramolecular Hbond substituents is 1. The van der Waals surface area contributed by atoms with Crippen molar-refractivity contribution in [2.45, 2.75) is 13.8 Å². The number of phenols is 1. The second-order valence-corrected chi connectivity index (χ2v) is 8.84. The average molecular weight is 538 g/mol. The molecule has 0 saturated carbocycles. The van der Waals surface area contributed by atoms with Crippen LogP contribution in [-0.4, -0.2) is 40.7 Å². The summed E-state index contributed by atoms with van der Waals surface area (Å²) in [6, 6.07) is 8.89. The maximum Gasteiger partial charge on any atom is 0.294 e. The molecule has 9 heteroatoms. The van der Waals surface area contributed by atoms with Gasteiger partial charge in [-0.15, -0.1) is 0 Å². The lowest BCUT2D eigenvalue weighted by Crippen LogP contribution is -2.36. The molecule has 2 aromatic rings. The SMILES string of the molecule is COc1cc(/C=C2/SC(=O)N(CC(=O)Nc3cc(C)ccc3C)C2=O)cc(I)c1O. The predicted octanol–water partition coefficient (Wildman–Crippen LogP) is 4.30. The number of hydrogen-bond acceptors (Lipinski definition) is 6. The highest BCUT2D eigenvalue weighted by Gasteiger charge is 2.36. The first-order valence-electron chi connectivity index (χ1n) is 8.88.